The van der Waals surface area contributed by atoms with E-state index in [-0.39, 0.29) is 0 Å². The number of nitrogens with one attached hydrogen (secondary N) is 1. The minimum Gasteiger partial charge on any atom is -0.492 e. The summed E-state index contributed by atoms with van der Waals surface area (Å²) in [7, 11) is 1.90. The fraction of sp³-hybridized carbons (Fsp3) is 0.391. The fourth-order valence-corrected chi connectivity index (χ4v) is 3.63. The summed E-state index contributed by atoms with van der Waals surface area (Å²) in [6.45, 7) is 4.75. The van der Waals surface area contributed by atoms with Gasteiger partial charge in [-0.1, -0.05) is 35.8 Å². The van der Waals surface area contributed by atoms with E-state index in [9.17, 15) is 0 Å². The number of benzene rings is 2. The van der Waals surface area contributed by atoms with Crippen LogP contribution in [-0.2, 0) is 6.54 Å². The van der Waals surface area contributed by atoms with Crippen LogP contribution in [0.1, 0.15) is 24.8 Å². The van der Waals surface area contributed by atoms with Gasteiger partial charge in [-0.15, -0.1) is 0 Å². The van der Waals surface area contributed by atoms with E-state index in [0.717, 1.165) is 30.0 Å². The molecular formula is C23H28N4O2. The van der Waals surface area contributed by atoms with E-state index < -0.39 is 0 Å². The molecule has 1 aliphatic rings. The van der Waals surface area contributed by atoms with Gasteiger partial charge in [0.15, 0.2) is 0 Å². The maximum atomic E-state index is 5.73. The van der Waals surface area contributed by atoms with Crippen molar-refractivity contribution in [2.24, 2.45) is 0 Å². The Kier molecular flexibility index (Phi) is 6.54. The lowest BCUT2D eigenvalue weighted by atomic mass is 10.1. The van der Waals surface area contributed by atoms with Crippen molar-refractivity contribution >= 4 is 0 Å². The second-order valence-corrected chi connectivity index (χ2v) is 7.44. The van der Waals surface area contributed by atoms with Crippen LogP contribution in [0, 0.1) is 0 Å². The Labute approximate surface area is 171 Å². The van der Waals surface area contributed by atoms with Crippen molar-refractivity contribution in [1.29, 1.82) is 0 Å². The number of nitrogens with zero attached hydrogens (tertiary/aromatic N) is 3. The zero-order chi connectivity index (χ0) is 19.9. The van der Waals surface area contributed by atoms with Gasteiger partial charge in [0.25, 0.3) is 5.89 Å². The number of likely N-dealkylation sites (N-methyl/N-ethyl adjacent to an activating group) is 1. The highest BCUT2D eigenvalue weighted by molar-refractivity contribution is 5.61. The van der Waals surface area contributed by atoms with Crippen LogP contribution in [-0.4, -0.2) is 48.3 Å². The van der Waals surface area contributed by atoms with Gasteiger partial charge in [-0.25, -0.2) is 0 Å². The maximum Gasteiger partial charge on any atom is 0.258 e. The summed E-state index contributed by atoms with van der Waals surface area (Å²) in [4.78, 5) is 7.13. The van der Waals surface area contributed by atoms with Gasteiger partial charge >= 0.3 is 0 Å². The van der Waals surface area contributed by atoms with Gasteiger partial charge < -0.3 is 14.6 Å². The van der Waals surface area contributed by atoms with Crippen molar-refractivity contribution in [3.05, 3.63) is 54.1 Å². The van der Waals surface area contributed by atoms with Crippen LogP contribution in [0.15, 0.2) is 53.1 Å². The van der Waals surface area contributed by atoms with Crippen molar-refractivity contribution in [2.45, 2.75) is 25.8 Å². The molecule has 0 radical (unpaired) electrons. The minimum absolute atomic E-state index is 0.500. The number of hydrogen-bond donors (Lipinski definition) is 1. The molecule has 1 saturated heterocycles. The molecule has 2 aromatic carbocycles. The van der Waals surface area contributed by atoms with E-state index in [2.05, 4.69) is 38.6 Å². The average molecular weight is 393 g/mol. The fourth-order valence-electron chi connectivity index (χ4n) is 3.63. The largest absolute Gasteiger partial charge is 0.492 e. The van der Waals surface area contributed by atoms with Crippen LogP contribution in [0.25, 0.3) is 22.8 Å². The summed E-state index contributed by atoms with van der Waals surface area (Å²) in [5.41, 5.74) is 3.13. The molecule has 0 aliphatic carbocycles. The molecule has 0 saturated carbocycles. The average Bonchev–Trinajstić information content (AvgIpc) is 3.26. The summed E-state index contributed by atoms with van der Waals surface area (Å²) in [5.74, 6) is 1.91. The first kappa shape index (κ1) is 19.6. The molecule has 0 unspecified atom stereocenters. The lowest BCUT2D eigenvalue weighted by Gasteiger charge is -2.26. The number of aromatic nitrogens is 2. The van der Waals surface area contributed by atoms with Crippen LogP contribution < -0.4 is 10.1 Å². The summed E-state index contributed by atoms with van der Waals surface area (Å²) in [6, 6.07) is 16.2. The van der Waals surface area contributed by atoms with Crippen molar-refractivity contribution in [3.8, 4) is 28.6 Å². The highest BCUT2D eigenvalue weighted by Gasteiger charge is 2.14. The van der Waals surface area contributed by atoms with Crippen LogP contribution in [0.4, 0.5) is 0 Å². The molecule has 29 heavy (non-hydrogen) atoms. The maximum absolute atomic E-state index is 5.73. The number of hydrogen-bond acceptors (Lipinski definition) is 6. The summed E-state index contributed by atoms with van der Waals surface area (Å²) in [6.07, 6.45) is 3.95. The zero-order valence-electron chi connectivity index (χ0n) is 16.9. The van der Waals surface area contributed by atoms with Gasteiger partial charge in [-0.2, -0.15) is 4.98 Å². The van der Waals surface area contributed by atoms with Crippen molar-refractivity contribution in [2.75, 3.05) is 33.3 Å². The normalized spacial score (nSPS) is 14.8. The number of rotatable bonds is 8. The quantitative estimate of drug-likeness (QED) is 0.585. The minimum atomic E-state index is 0.500. The first-order valence-corrected chi connectivity index (χ1v) is 10.3. The second kappa shape index (κ2) is 9.67. The second-order valence-electron chi connectivity index (χ2n) is 7.44. The standard InChI is InChI=1S/C23H28N4O2/c1-24-11-14-28-21-10-6-9-20(16-21)23-25-22(26-29-23)19-8-5-7-18(15-19)17-27-12-3-2-4-13-27/h5-10,15-16,24H,2-4,11-14,17H2,1H3. The molecule has 6 nitrogen and oxygen atoms in total. The van der Waals surface area contributed by atoms with Crippen LogP contribution >= 0.6 is 0 Å². The number of ether oxygens (including phenoxy) is 1. The SMILES string of the molecule is CNCCOc1cccc(-c2nc(-c3cccc(CN4CCCCC4)c3)no2)c1. The predicted molar refractivity (Wildman–Crippen MR) is 114 cm³/mol. The van der Waals surface area contributed by atoms with Gasteiger partial charge in [0, 0.05) is 24.2 Å². The molecular weight excluding hydrogens is 364 g/mol. The van der Waals surface area contributed by atoms with Gasteiger partial charge in [-0.3, -0.25) is 4.90 Å². The van der Waals surface area contributed by atoms with Crippen LogP contribution in [0.3, 0.4) is 0 Å². The number of piperidine rings is 1. The first-order valence-electron chi connectivity index (χ1n) is 10.3. The Morgan fingerprint density at radius 3 is 2.72 bits per heavy atom. The third-order valence-electron chi connectivity index (χ3n) is 5.17. The Hall–Kier alpha value is -2.70. The van der Waals surface area contributed by atoms with E-state index in [4.69, 9.17) is 9.26 Å². The third kappa shape index (κ3) is 5.22. The topological polar surface area (TPSA) is 63.4 Å². The summed E-state index contributed by atoms with van der Waals surface area (Å²) >= 11 is 0. The smallest absolute Gasteiger partial charge is 0.258 e. The molecule has 1 fully saturated rings. The van der Waals surface area contributed by atoms with Crippen LogP contribution in [0.2, 0.25) is 0 Å². The molecule has 0 spiro atoms. The molecule has 1 aliphatic heterocycles. The zero-order valence-corrected chi connectivity index (χ0v) is 16.9. The molecule has 0 bridgehead atoms. The van der Waals surface area contributed by atoms with Gasteiger partial charge in [0.2, 0.25) is 5.82 Å². The van der Waals surface area contributed by atoms with E-state index in [1.807, 2.05) is 37.4 Å². The molecule has 152 valence electrons. The molecule has 3 aromatic rings. The lowest BCUT2D eigenvalue weighted by Crippen LogP contribution is -2.29. The summed E-state index contributed by atoms with van der Waals surface area (Å²) < 4.78 is 11.3. The molecule has 2 heterocycles. The highest BCUT2D eigenvalue weighted by atomic mass is 16.5. The molecule has 0 amide bonds. The predicted octanol–water partition coefficient (Wildman–Crippen LogP) is 3.99. The molecule has 1 N–H and O–H groups in total. The lowest BCUT2D eigenvalue weighted by molar-refractivity contribution is 0.221. The Bertz CT molecular complexity index is 919. The first-order chi connectivity index (χ1) is 14.3. The van der Waals surface area contributed by atoms with Crippen LogP contribution in [0.5, 0.6) is 5.75 Å². The van der Waals surface area contributed by atoms with E-state index in [1.54, 1.807) is 0 Å². The summed E-state index contributed by atoms with van der Waals surface area (Å²) in [5, 5.41) is 7.27. The monoisotopic (exact) mass is 392 g/mol. The molecule has 4 rings (SSSR count). The molecule has 1 aromatic heterocycles. The number of likely N-dealkylation sites (tertiary alicyclic amines) is 1. The molecule has 0 atom stereocenters. The Balaban J connectivity index is 1.47. The molecule has 6 heteroatoms. The van der Waals surface area contributed by atoms with E-state index >= 15 is 0 Å². The van der Waals surface area contributed by atoms with E-state index in [0.29, 0.717) is 18.3 Å². The van der Waals surface area contributed by atoms with Crippen molar-refractivity contribution in [1.82, 2.24) is 20.4 Å². The van der Waals surface area contributed by atoms with Gasteiger partial charge in [0.1, 0.15) is 12.4 Å². The third-order valence-corrected chi connectivity index (χ3v) is 5.17. The highest BCUT2D eigenvalue weighted by Crippen LogP contribution is 2.26. The van der Waals surface area contributed by atoms with Gasteiger partial charge in [0.05, 0.1) is 0 Å². The van der Waals surface area contributed by atoms with Gasteiger partial charge in [-0.05, 0) is 62.8 Å². The van der Waals surface area contributed by atoms with Crippen molar-refractivity contribution in [3.63, 3.8) is 0 Å². The van der Waals surface area contributed by atoms with E-state index in [1.165, 1.54) is 37.9 Å². The Morgan fingerprint density at radius 2 is 1.86 bits per heavy atom. The van der Waals surface area contributed by atoms with Crippen molar-refractivity contribution < 1.29 is 9.26 Å². The Morgan fingerprint density at radius 1 is 1.03 bits per heavy atom.